The molecule has 1 saturated heterocycles. The summed E-state index contributed by atoms with van der Waals surface area (Å²) in [4.78, 5) is 6.39. The summed E-state index contributed by atoms with van der Waals surface area (Å²) in [7, 11) is -3.44. The molecule has 1 aromatic heterocycles. The third-order valence-corrected chi connectivity index (χ3v) is 5.45. The Morgan fingerprint density at radius 1 is 0.960 bits per heavy atom. The van der Waals surface area contributed by atoms with Crippen molar-refractivity contribution in [2.45, 2.75) is 0 Å². The van der Waals surface area contributed by atoms with Gasteiger partial charge in [-0.05, 0) is 24.3 Å². The predicted octanol–water partition coefficient (Wildman–Crippen LogP) is 2.10. The van der Waals surface area contributed by atoms with Crippen LogP contribution in [-0.2, 0) is 10.0 Å². The number of hydrogen-bond acceptors (Lipinski definition) is 4. The molecule has 0 N–H and O–H groups in total. The zero-order valence-electron chi connectivity index (χ0n) is 13.7. The first-order chi connectivity index (χ1) is 12.1. The smallest absolute Gasteiger partial charge is 0.236 e. The molecule has 25 heavy (non-hydrogen) atoms. The Bertz CT molecular complexity index is 877. The summed E-state index contributed by atoms with van der Waals surface area (Å²) in [5.41, 5.74) is 0.855. The Morgan fingerprint density at radius 3 is 2.36 bits per heavy atom. The second-order valence-electron chi connectivity index (χ2n) is 5.56. The highest BCUT2D eigenvalue weighted by Crippen LogP contribution is 2.15. The average molecular weight is 353 g/mol. The standard InChI is InChI=1S/C19H19N3O2S/c23-25(24,17-7-5-10-18-8-2-1-3-9-18)22-15-13-21(14-16-22)19-11-4-6-12-20-19/h1-4,6-9,11-12,17H,13-16H2/b17-7+. The first-order valence-electron chi connectivity index (χ1n) is 8.04. The predicted molar refractivity (Wildman–Crippen MR) is 99.4 cm³/mol. The summed E-state index contributed by atoms with van der Waals surface area (Å²) in [5, 5.41) is 1.18. The van der Waals surface area contributed by atoms with E-state index in [2.05, 4.69) is 21.7 Å². The molecule has 6 heteroatoms. The molecule has 1 aliphatic heterocycles. The van der Waals surface area contributed by atoms with E-state index < -0.39 is 10.0 Å². The minimum absolute atomic E-state index is 0.440. The number of allylic oxidation sites excluding steroid dienone is 1. The van der Waals surface area contributed by atoms with Crippen LogP contribution in [0.1, 0.15) is 5.56 Å². The number of rotatable bonds is 3. The molecule has 0 unspecified atom stereocenters. The van der Waals surface area contributed by atoms with Gasteiger partial charge in [0.05, 0.1) is 5.41 Å². The zero-order valence-corrected chi connectivity index (χ0v) is 14.6. The fourth-order valence-corrected chi connectivity index (χ4v) is 3.65. The lowest BCUT2D eigenvalue weighted by Gasteiger charge is -2.33. The Morgan fingerprint density at radius 2 is 1.68 bits per heavy atom. The molecule has 0 atom stereocenters. The monoisotopic (exact) mass is 353 g/mol. The Hall–Kier alpha value is -2.62. The molecule has 128 valence electrons. The van der Waals surface area contributed by atoms with Crippen LogP contribution in [0.2, 0.25) is 0 Å². The van der Waals surface area contributed by atoms with Gasteiger partial charge >= 0.3 is 0 Å². The van der Waals surface area contributed by atoms with Gasteiger partial charge in [0.2, 0.25) is 10.0 Å². The van der Waals surface area contributed by atoms with E-state index in [0.29, 0.717) is 26.2 Å². The van der Waals surface area contributed by atoms with Crippen LogP contribution in [0.3, 0.4) is 0 Å². The van der Waals surface area contributed by atoms with Crippen molar-refractivity contribution in [3.63, 3.8) is 0 Å². The van der Waals surface area contributed by atoms with E-state index >= 15 is 0 Å². The minimum atomic E-state index is -3.44. The van der Waals surface area contributed by atoms with Gasteiger partial charge in [0, 0.05) is 44.0 Å². The van der Waals surface area contributed by atoms with Gasteiger partial charge in [-0.15, -0.1) is 0 Å². The number of sulfonamides is 1. The van der Waals surface area contributed by atoms with Crippen LogP contribution in [0.5, 0.6) is 0 Å². The van der Waals surface area contributed by atoms with E-state index in [4.69, 9.17) is 0 Å². The summed E-state index contributed by atoms with van der Waals surface area (Å²) in [6.45, 7) is 2.13. The third kappa shape index (κ3) is 4.69. The molecule has 0 bridgehead atoms. The van der Waals surface area contributed by atoms with Crippen molar-refractivity contribution in [2.75, 3.05) is 31.1 Å². The lowest BCUT2D eigenvalue weighted by molar-refractivity contribution is 0.389. The molecular weight excluding hydrogens is 334 g/mol. The molecule has 0 saturated carbocycles. The van der Waals surface area contributed by atoms with Crippen LogP contribution < -0.4 is 4.90 Å². The largest absolute Gasteiger partial charge is 0.354 e. The Labute approximate surface area is 148 Å². The second kappa shape index (κ2) is 7.97. The highest BCUT2D eigenvalue weighted by molar-refractivity contribution is 7.92. The first kappa shape index (κ1) is 17.2. The minimum Gasteiger partial charge on any atom is -0.354 e. The summed E-state index contributed by atoms with van der Waals surface area (Å²) in [6, 6.07) is 15.2. The molecule has 3 rings (SSSR count). The van der Waals surface area contributed by atoms with Gasteiger partial charge in [0.1, 0.15) is 5.82 Å². The summed E-state index contributed by atoms with van der Waals surface area (Å²) in [5.74, 6) is 6.57. The fraction of sp³-hybridized carbons (Fsp3) is 0.211. The van der Waals surface area contributed by atoms with Crippen LogP contribution >= 0.6 is 0 Å². The van der Waals surface area contributed by atoms with Crippen LogP contribution in [0.4, 0.5) is 5.82 Å². The molecule has 1 fully saturated rings. The number of nitrogens with zero attached hydrogens (tertiary/aromatic N) is 3. The molecule has 0 amide bonds. The SMILES string of the molecule is O=S(=O)(/C=C/C#Cc1ccccc1)N1CCN(c2ccccn2)CC1. The second-order valence-corrected chi connectivity index (χ2v) is 7.38. The van der Waals surface area contributed by atoms with Gasteiger partial charge < -0.3 is 4.90 Å². The van der Waals surface area contributed by atoms with Crippen molar-refractivity contribution >= 4 is 15.8 Å². The van der Waals surface area contributed by atoms with Crippen molar-refractivity contribution in [3.8, 4) is 11.8 Å². The maximum atomic E-state index is 12.4. The number of anilines is 1. The number of hydrogen-bond donors (Lipinski definition) is 0. The Kier molecular flexibility index (Phi) is 5.49. The van der Waals surface area contributed by atoms with Crippen molar-refractivity contribution in [2.24, 2.45) is 0 Å². The van der Waals surface area contributed by atoms with Gasteiger partial charge in [0.15, 0.2) is 0 Å². The van der Waals surface area contributed by atoms with E-state index in [1.54, 1.807) is 6.20 Å². The Balaban J connectivity index is 1.59. The molecule has 5 nitrogen and oxygen atoms in total. The molecule has 0 radical (unpaired) electrons. The van der Waals surface area contributed by atoms with Crippen LogP contribution in [-0.4, -0.2) is 43.9 Å². The van der Waals surface area contributed by atoms with Crippen molar-refractivity contribution in [3.05, 3.63) is 71.8 Å². The van der Waals surface area contributed by atoms with Crippen molar-refractivity contribution in [1.29, 1.82) is 0 Å². The molecule has 2 aromatic rings. The van der Waals surface area contributed by atoms with E-state index in [-0.39, 0.29) is 0 Å². The fourth-order valence-electron chi connectivity index (χ4n) is 2.57. The molecule has 0 spiro atoms. The van der Waals surface area contributed by atoms with Crippen molar-refractivity contribution in [1.82, 2.24) is 9.29 Å². The number of benzene rings is 1. The van der Waals surface area contributed by atoms with Crippen LogP contribution in [0, 0.1) is 11.8 Å². The van der Waals surface area contributed by atoms with Crippen LogP contribution in [0.15, 0.2) is 66.2 Å². The van der Waals surface area contributed by atoms with Crippen molar-refractivity contribution < 1.29 is 8.42 Å². The lowest BCUT2D eigenvalue weighted by atomic mass is 10.2. The van der Waals surface area contributed by atoms with E-state index in [0.717, 1.165) is 11.4 Å². The van der Waals surface area contributed by atoms with E-state index in [9.17, 15) is 8.42 Å². The average Bonchev–Trinajstić information content (AvgIpc) is 2.67. The molecule has 1 aromatic carbocycles. The zero-order chi connectivity index (χ0) is 17.5. The molecular formula is C19H19N3O2S. The number of pyridine rings is 1. The molecule has 1 aliphatic rings. The van der Waals surface area contributed by atoms with E-state index in [1.807, 2.05) is 48.5 Å². The van der Waals surface area contributed by atoms with Crippen LogP contribution in [0.25, 0.3) is 0 Å². The van der Waals surface area contributed by atoms with Gasteiger partial charge in [-0.25, -0.2) is 13.4 Å². The maximum absolute atomic E-state index is 12.4. The summed E-state index contributed by atoms with van der Waals surface area (Å²) >= 11 is 0. The van der Waals surface area contributed by atoms with Gasteiger partial charge in [0.25, 0.3) is 0 Å². The lowest BCUT2D eigenvalue weighted by Crippen LogP contribution is -2.48. The number of piperazine rings is 1. The normalized spacial score (nSPS) is 15.8. The quantitative estimate of drug-likeness (QED) is 0.793. The third-order valence-electron chi connectivity index (χ3n) is 3.89. The topological polar surface area (TPSA) is 53.5 Å². The molecule has 2 heterocycles. The maximum Gasteiger partial charge on any atom is 0.236 e. The van der Waals surface area contributed by atoms with Gasteiger partial charge in [-0.2, -0.15) is 4.31 Å². The molecule has 0 aliphatic carbocycles. The first-order valence-corrected chi connectivity index (χ1v) is 9.55. The summed E-state index contributed by atoms with van der Waals surface area (Å²) < 4.78 is 26.2. The number of aromatic nitrogens is 1. The highest BCUT2D eigenvalue weighted by atomic mass is 32.2. The van der Waals surface area contributed by atoms with E-state index in [1.165, 1.54) is 15.8 Å². The van der Waals surface area contributed by atoms with Gasteiger partial charge in [-0.3, -0.25) is 0 Å². The highest BCUT2D eigenvalue weighted by Gasteiger charge is 2.25. The summed E-state index contributed by atoms with van der Waals surface area (Å²) in [6.07, 6.45) is 3.14. The van der Waals surface area contributed by atoms with Gasteiger partial charge in [-0.1, -0.05) is 36.1 Å².